The van der Waals surface area contributed by atoms with Crippen LogP contribution in [0.25, 0.3) is 11.3 Å². The number of hydrogen-bond acceptors (Lipinski definition) is 3. The van der Waals surface area contributed by atoms with Gasteiger partial charge in [-0.3, -0.25) is 4.79 Å². The average Bonchev–Trinajstić information content (AvgIpc) is 3.25. The predicted octanol–water partition coefficient (Wildman–Crippen LogP) is 4.56. The van der Waals surface area contributed by atoms with Gasteiger partial charge in [-0.1, -0.05) is 66.2 Å². The maximum atomic E-state index is 12.5. The minimum Gasteiger partial charge on any atom is -0.441 e. The van der Waals surface area contributed by atoms with Gasteiger partial charge in [0, 0.05) is 31.1 Å². The molecule has 2 aromatic heterocycles. The fourth-order valence-corrected chi connectivity index (χ4v) is 3.15. The molecule has 0 saturated carbocycles. The second kappa shape index (κ2) is 9.18. The molecule has 0 unspecified atom stereocenters. The Morgan fingerprint density at radius 1 is 1.00 bits per heavy atom. The van der Waals surface area contributed by atoms with E-state index in [0.29, 0.717) is 30.1 Å². The molecular weight excluding hydrogens is 374 g/mol. The molecule has 0 radical (unpaired) electrons. The summed E-state index contributed by atoms with van der Waals surface area (Å²) in [7, 11) is 0. The first kappa shape index (κ1) is 19.6. The smallest absolute Gasteiger partial charge is 0.248 e. The van der Waals surface area contributed by atoms with Crippen molar-refractivity contribution >= 4 is 5.91 Å². The lowest BCUT2D eigenvalue weighted by molar-refractivity contribution is -0.118. The van der Waals surface area contributed by atoms with E-state index in [9.17, 15) is 4.79 Å². The van der Waals surface area contributed by atoms with E-state index >= 15 is 0 Å². The predicted molar refractivity (Wildman–Crippen MR) is 116 cm³/mol. The summed E-state index contributed by atoms with van der Waals surface area (Å²) >= 11 is 0. The summed E-state index contributed by atoms with van der Waals surface area (Å²) in [5.41, 5.74) is 3.99. The van der Waals surface area contributed by atoms with Crippen molar-refractivity contribution in [2.24, 2.45) is 4.99 Å². The Hall–Kier alpha value is -3.73. The number of aryl methyl sites for hydroxylation is 2. The van der Waals surface area contributed by atoms with Crippen molar-refractivity contribution in [3.8, 4) is 11.3 Å². The van der Waals surface area contributed by atoms with Crippen molar-refractivity contribution in [1.82, 2.24) is 9.55 Å². The number of aromatic nitrogens is 2. The van der Waals surface area contributed by atoms with E-state index in [1.165, 1.54) is 5.56 Å². The first-order chi connectivity index (χ1) is 14.7. The van der Waals surface area contributed by atoms with Crippen molar-refractivity contribution in [2.45, 2.75) is 26.3 Å². The third-order valence-electron chi connectivity index (χ3n) is 4.79. The molecule has 0 saturated heterocycles. The number of carbonyl (C=O) groups excluding carboxylic acids is 1. The molecule has 1 amide bonds. The highest BCUT2D eigenvalue weighted by Crippen LogP contribution is 2.20. The van der Waals surface area contributed by atoms with Gasteiger partial charge in [0.05, 0.1) is 6.20 Å². The maximum Gasteiger partial charge on any atom is 0.248 e. The van der Waals surface area contributed by atoms with Crippen LogP contribution in [0.2, 0.25) is 0 Å². The SMILES string of the molecule is Cc1ccc(Cn2ccccc2=NC(=O)CCc2ncc(-c3ccccc3)o2)cc1. The van der Waals surface area contributed by atoms with Crippen molar-refractivity contribution < 1.29 is 9.21 Å². The molecule has 2 heterocycles. The summed E-state index contributed by atoms with van der Waals surface area (Å²) in [5, 5.41) is 0. The molecule has 0 aliphatic carbocycles. The van der Waals surface area contributed by atoms with Crippen LogP contribution in [0.3, 0.4) is 0 Å². The zero-order valence-electron chi connectivity index (χ0n) is 16.9. The monoisotopic (exact) mass is 397 g/mol. The molecule has 30 heavy (non-hydrogen) atoms. The van der Waals surface area contributed by atoms with Gasteiger partial charge in [-0.15, -0.1) is 0 Å². The van der Waals surface area contributed by atoms with E-state index in [1.807, 2.05) is 59.3 Å². The fourth-order valence-electron chi connectivity index (χ4n) is 3.15. The Labute approximate surface area is 175 Å². The summed E-state index contributed by atoms with van der Waals surface area (Å²) in [6.07, 6.45) is 4.29. The molecule has 0 N–H and O–H groups in total. The minimum atomic E-state index is -0.196. The molecule has 5 heteroatoms. The van der Waals surface area contributed by atoms with Crippen LogP contribution in [-0.4, -0.2) is 15.5 Å². The molecule has 150 valence electrons. The molecule has 5 nitrogen and oxygen atoms in total. The number of pyridine rings is 1. The first-order valence-corrected chi connectivity index (χ1v) is 9.96. The quantitative estimate of drug-likeness (QED) is 0.479. The third-order valence-corrected chi connectivity index (χ3v) is 4.79. The summed E-state index contributed by atoms with van der Waals surface area (Å²) in [6, 6.07) is 23.8. The second-order valence-corrected chi connectivity index (χ2v) is 7.16. The van der Waals surface area contributed by atoms with Crippen LogP contribution < -0.4 is 5.49 Å². The Balaban J connectivity index is 1.43. The molecule has 2 aromatic carbocycles. The number of oxazole rings is 1. The number of nitrogens with zero attached hydrogens (tertiary/aromatic N) is 3. The molecule has 4 rings (SSSR count). The third kappa shape index (κ3) is 5.00. The molecule has 0 fully saturated rings. The van der Waals surface area contributed by atoms with E-state index in [2.05, 4.69) is 41.2 Å². The minimum absolute atomic E-state index is 0.196. The molecular formula is C25H23N3O2. The average molecular weight is 397 g/mol. The molecule has 0 aliphatic rings. The zero-order valence-corrected chi connectivity index (χ0v) is 16.9. The van der Waals surface area contributed by atoms with Gasteiger partial charge in [0.1, 0.15) is 5.49 Å². The van der Waals surface area contributed by atoms with Gasteiger partial charge >= 0.3 is 0 Å². The molecule has 0 spiro atoms. The lowest BCUT2D eigenvalue weighted by atomic mass is 10.1. The number of rotatable bonds is 6. The van der Waals surface area contributed by atoms with E-state index in [1.54, 1.807) is 6.20 Å². The zero-order chi connectivity index (χ0) is 20.8. The Kier molecular flexibility index (Phi) is 5.99. The van der Waals surface area contributed by atoms with Crippen molar-refractivity contribution in [3.63, 3.8) is 0 Å². The Morgan fingerprint density at radius 3 is 2.57 bits per heavy atom. The molecule has 0 bridgehead atoms. The van der Waals surface area contributed by atoms with Crippen molar-refractivity contribution in [1.29, 1.82) is 0 Å². The molecule has 0 aliphatic heterocycles. The molecule has 0 atom stereocenters. The van der Waals surface area contributed by atoms with Crippen LogP contribution in [0.15, 0.2) is 94.6 Å². The van der Waals surface area contributed by atoms with Gasteiger partial charge in [-0.05, 0) is 24.6 Å². The number of hydrogen-bond donors (Lipinski definition) is 0. The van der Waals surface area contributed by atoms with Gasteiger partial charge in [0.25, 0.3) is 0 Å². The molecule has 4 aromatic rings. The van der Waals surface area contributed by atoms with E-state index in [-0.39, 0.29) is 12.3 Å². The number of carbonyl (C=O) groups is 1. The van der Waals surface area contributed by atoms with Crippen LogP contribution in [0.5, 0.6) is 0 Å². The van der Waals surface area contributed by atoms with Crippen LogP contribution in [0, 0.1) is 6.92 Å². The van der Waals surface area contributed by atoms with Gasteiger partial charge in [0.15, 0.2) is 11.7 Å². The van der Waals surface area contributed by atoms with E-state index < -0.39 is 0 Å². The van der Waals surface area contributed by atoms with Gasteiger partial charge in [-0.25, -0.2) is 4.98 Å². The second-order valence-electron chi connectivity index (χ2n) is 7.16. The van der Waals surface area contributed by atoms with E-state index in [0.717, 1.165) is 11.1 Å². The maximum absolute atomic E-state index is 12.5. The normalized spacial score (nSPS) is 11.6. The largest absolute Gasteiger partial charge is 0.441 e. The lowest BCUT2D eigenvalue weighted by Crippen LogP contribution is -2.22. The summed E-state index contributed by atoms with van der Waals surface area (Å²) in [4.78, 5) is 21.1. The Bertz CT molecular complexity index is 1190. The van der Waals surface area contributed by atoms with Crippen molar-refractivity contribution in [2.75, 3.05) is 0 Å². The lowest BCUT2D eigenvalue weighted by Gasteiger charge is -2.07. The van der Waals surface area contributed by atoms with E-state index in [4.69, 9.17) is 4.42 Å². The highest BCUT2D eigenvalue weighted by molar-refractivity contribution is 5.76. The van der Waals surface area contributed by atoms with Gasteiger partial charge in [0.2, 0.25) is 5.91 Å². The van der Waals surface area contributed by atoms with Gasteiger partial charge < -0.3 is 8.98 Å². The highest BCUT2D eigenvalue weighted by Gasteiger charge is 2.08. The fraction of sp³-hybridized carbons (Fsp3) is 0.160. The van der Waals surface area contributed by atoms with Crippen LogP contribution >= 0.6 is 0 Å². The number of benzene rings is 2. The summed E-state index contributed by atoms with van der Waals surface area (Å²) < 4.78 is 7.75. The van der Waals surface area contributed by atoms with Crippen LogP contribution in [0.4, 0.5) is 0 Å². The van der Waals surface area contributed by atoms with Crippen LogP contribution in [-0.2, 0) is 17.8 Å². The summed E-state index contributed by atoms with van der Waals surface area (Å²) in [6.45, 7) is 2.73. The highest BCUT2D eigenvalue weighted by atomic mass is 16.4. The van der Waals surface area contributed by atoms with Crippen molar-refractivity contribution in [3.05, 3.63) is 108 Å². The standard InChI is InChI=1S/C25H23N3O2/c1-19-10-12-20(13-11-19)18-28-16-6-5-9-23(28)27-24(29)14-15-25-26-17-22(30-25)21-7-3-2-4-8-21/h2-13,16-17H,14-15,18H2,1H3. The number of amides is 1. The first-order valence-electron chi connectivity index (χ1n) is 9.96. The summed E-state index contributed by atoms with van der Waals surface area (Å²) in [5.74, 6) is 1.05. The topological polar surface area (TPSA) is 60.4 Å². The van der Waals surface area contributed by atoms with Gasteiger partial charge in [-0.2, -0.15) is 4.99 Å². The Morgan fingerprint density at radius 2 is 1.77 bits per heavy atom. The van der Waals surface area contributed by atoms with Crippen LogP contribution in [0.1, 0.15) is 23.4 Å².